The fraction of sp³-hybridized carbons (Fsp3) is 0.158. The molecule has 0 aliphatic rings. The summed E-state index contributed by atoms with van der Waals surface area (Å²) in [7, 11) is 3.18. The number of thioether (sulfide) groups is 1. The quantitative estimate of drug-likeness (QED) is 0.363. The first-order valence-corrected chi connectivity index (χ1v) is 9.33. The van der Waals surface area contributed by atoms with Crippen LogP contribution in [0.1, 0.15) is 5.56 Å². The van der Waals surface area contributed by atoms with E-state index in [1.165, 1.54) is 17.8 Å². The molecule has 9 heteroatoms. The molecule has 0 fully saturated rings. The third-order valence-corrected chi connectivity index (χ3v) is 5.12. The van der Waals surface area contributed by atoms with Crippen LogP contribution in [-0.4, -0.2) is 34.4 Å². The van der Waals surface area contributed by atoms with Gasteiger partial charge in [0.2, 0.25) is 5.16 Å². The second-order valence-corrected chi connectivity index (χ2v) is 6.76. The van der Waals surface area contributed by atoms with E-state index >= 15 is 0 Å². The van der Waals surface area contributed by atoms with Crippen LogP contribution in [0.15, 0.2) is 62.9 Å². The number of tetrazole rings is 1. The van der Waals surface area contributed by atoms with Crippen LogP contribution in [0.3, 0.4) is 0 Å². The van der Waals surface area contributed by atoms with Crippen molar-refractivity contribution in [2.75, 3.05) is 14.2 Å². The third-order valence-electron chi connectivity index (χ3n) is 4.15. The van der Waals surface area contributed by atoms with E-state index in [9.17, 15) is 4.79 Å². The van der Waals surface area contributed by atoms with Gasteiger partial charge in [0.15, 0.2) is 0 Å². The molecule has 0 N–H and O–H groups in total. The maximum atomic E-state index is 11.9. The summed E-state index contributed by atoms with van der Waals surface area (Å²) in [4.78, 5) is 11.9. The minimum absolute atomic E-state index is 0.411. The van der Waals surface area contributed by atoms with E-state index in [1.54, 1.807) is 25.0 Å². The zero-order valence-corrected chi connectivity index (χ0v) is 16.0. The van der Waals surface area contributed by atoms with E-state index in [4.69, 9.17) is 13.9 Å². The Labute approximate surface area is 164 Å². The monoisotopic (exact) mass is 396 g/mol. The first-order valence-electron chi connectivity index (χ1n) is 8.34. The molecule has 0 saturated heterocycles. The molecule has 4 rings (SSSR count). The fourth-order valence-electron chi connectivity index (χ4n) is 2.75. The highest BCUT2D eigenvalue weighted by Crippen LogP contribution is 2.28. The Morgan fingerprint density at radius 2 is 1.79 bits per heavy atom. The van der Waals surface area contributed by atoms with Crippen molar-refractivity contribution in [3.8, 4) is 17.2 Å². The van der Waals surface area contributed by atoms with E-state index in [-0.39, 0.29) is 0 Å². The molecule has 2 aromatic carbocycles. The minimum atomic E-state index is -0.411. The molecule has 0 spiro atoms. The van der Waals surface area contributed by atoms with Crippen LogP contribution in [-0.2, 0) is 5.75 Å². The summed E-state index contributed by atoms with van der Waals surface area (Å²) < 4.78 is 17.3. The SMILES string of the molecule is COc1ccc(-n2nnnc2SCc2cc(=O)oc3cc(OC)ccc23)cc1. The first kappa shape index (κ1) is 18.1. The van der Waals surface area contributed by atoms with Crippen molar-refractivity contribution in [1.82, 2.24) is 20.2 Å². The Hall–Kier alpha value is -3.33. The Bertz CT molecular complexity index is 1170. The van der Waals surface area contributed by atoms with Gasteiger partial charge in [-0.3, -0.25) is 0 Å². The summed E-state index contributed by atoms with van der Waals surface area (Å²) in [6.07, 6.45) is 0. The average molecular weight is 396 g/mol. The van der Waals surface area contributed by atoms with Crippen molar-refractivity contribution < 1.29 is 13.9 Å². The molecular formula is C19H16N4O4S. The number of hydrogen-bond donors (Lipinski definition) is 0. The number of nitrogens with zero attached hydrogens (tertiary/aromatic N) is 4. The number of methoxy groups -OCH3 is 2. The normalized spacial score (nSPS) is 10.9. The van der Waals surface area contributed by atoms with Gasteiger partial charge in [0.05, 0.1) is 19.9 Å². The van der Waals surface area contributed by atoms with Crippen molar-refractivity contribution in [2.24, 2.45) is 0 Å². The molecule has 28 heavy (non-hydrogen) atoms. The van der Waals surface area contributed by atoms with Crippen LogP contribution in [0.5, 0.6) is 11.5 Å². The van der Waals surface area contributed by atoms with Crippen LogP contribution >= 0.6 is 11.8 Å². The standard InChI is InChI=1S/C19H16N4O4S/c1-25-14-5-3-13(4-6-14)23-19(20-21-22-23)28-11-12-9-18(24)27-17-10-15(26-2)7-8-16(12)17/h3-10H,11H2,1-2H3. The van der Waals surface area contributed by atoms with E-state index in [1.807, 2.05) is 36.4 Å². The number of ether oxygens (including phenoxy) is 2. The zero-order chi connectivity index (χ0) is 19.5. The Morgan fingerprint density at radius 3 is 2.54 bits per heavy atom. The molecule has 0 unspecified atom stereocenters. The Balaban J connectivity index is 1.62. The lowest BCUT2D eigenvalue weighted by atomic mass is 10.1. The molecule has 8 nitrogen and oxygen atoms in total. The lowest BCUT2D eigenvalue weighted by molar-refractivity contribution is 0.414. The summed E-state index contributed by atoms with van der Waals surface area (Å²) in [6, 6.07) is 14.3. The molecule has 0 aliphatic carbocycles. The lowest BCUT2D eigenvalue weighted by Crippen LogP contribution is -2.02. The number of fused-ring (bicyclic) bond motifs is 1. The van der Waals surface area contributed by atoms with Crippen LogP contribution in [0, 0.1) is 0 Å². The second kappa shape index (κ2) is 7.73. The van der Waals surface area contributed by atoms with Crippen molar-refractivity contribution in [1.29, 1.82) is 0 Å². The first-order chi connectivity index (χ1) is 13.7. The molecule has 0 amide bonds. The number of rotatable bonds is 6. The van der Waals surface area contributed by atoms with E-state index in [0.29, 0.717) is 22.2 Å². The summed E-state index contributed by atoms with van der Waals surface area (Å²) in [6.45, 7) is 0. The van der Waals surface area contributed by atoms with E-state index in [0.717, 1.165) is 22.4 Å². The van der Waals surface area contributed by atoms with E-state index in [2.05, 4.69) is 15.5 Å². The van der Waals surface area contributed by atoms with Gasteiger partial charge < -0.3 is 13.9 Å². The van der Waals surface area contributed by atoms with Gasteiger partial charge in [0.1, 0.15) is 17.1 Å². The smallest absolute Gasteiger partial charge is 0.336 e. The molecule has 0 atom stereocenters. The molecule has 142 valence electrons. The van der Waals surface area contributed by atoms with Gasteiger partial charge in [-0.1, -0.05) is 11.8 Å². The van der Waals surface area contributed by atoms with Crippen LogP contribution < -0.4 is 15.1 Å². The van der Waals surface area contributed by atoms with Crippen molar-refractivity contribution >= 4 is 22.7 Å². The number of hydrogen-bond acceptors (Lipinski definition) is 8. The summed E-state index contributed by atoms with van der Waals surface area (Å²) in [5, 5.41) is 13.4. The second-order valence-electron chi connectivity index (χ2n) is 5.81. The predicted molar refractivity (Wildman–Crippen MR) is 104 cm³/mol. The van der Waals surface area contributed by atoms with Crippen molar-refractivity contribution in [2.45, 2.75) is 10.9 Å². The van der Waals surface area contributed by atoms with Gasteiger partial charge in [0, 0.05) is 23.3 Å². The molecular weight excluding hydrogens is 380 g/mol. The summed E-state index contributed by atoms with van der Waals surface area (Å²) in [5.74, 6) is 1.89. The van der Waals surface area contributed by atoms with E-state index < -0.39 is 5.63 Å². The maximum Gasteiger partial charge on any atom is 0.336 e. The summed E-state index contributed by atoms with van der Waals surface area (Å²) >= 11 is 1.43. The van der Waals surface area contributed by atoms with Crippen LogP contribution in [0.4, 0.5) is 0 Å². The lowest BCUT2D eigenvalue weighted by Gasteiger charge is -2.08. The van der Waals surface area contributed by atoms with Gasteiger partial charge in [0.25, 0.3) is 0 Å². The fourth-order valence-corrected chi connectivity index (χ4v) is 3.64. The highest BCUT2D eigenvalue weighted by atomic mass is 32.2. The predicted octanol–water partition coefficient (Wildman–Crippen LogP) is 3.08. The van der Waals surface area contributed by atoms with Gasteiger partial charge in [-0.2, -0.15) is 4.68 Å². The van der Waals surface area contributed by atoms with Crippen LogP contribution in [0.25, 0.3) is 16.7 Å². The highest BCUT2D eigenvalue weighted by Gasteiger charge is 2.12. The molecule has 0 aliphatic heterocycles. The molecule has 2 heterocycles. The van der Waals surface area contributed by atoms with Crippen molar-refractivity contribution in [3.63, 3.8) is 0 Å². The molecule has 2 aromatic heterocycles. The van der Waals surface area contributed by atoms with Gasteiger partial charge in [-0.05, 0) is 52.4 Å². The molecule has 0 saturated carbocycles. The number of benzene rings is 2. The zero-order valence-electron chi connectivity index (χ0n) is 15.2. The topological polar surface area (TPSA) is 92.3 Å². The van der Waals surface area contributed by atoms with Gasteiger partial charge in [-0.15, -0.1) is 5.10 Å². The Kier molecular flexibility index (Phi) is 4.98. The average Bonchev–Trinajstić information content (AvgIpc) is 3.20. The largest absolute Gasteiger partial charge is 0.497 e. The molecule has 4 aromatic rings. The van der Waals surface area contributed by atoms with Crippen LogP contribution in [0.2, 0.25) is 0 Å². The van der Waals surface area contributed by atoms with Gasteiger partial charge >= 0.3 is 5.63 Å². The van der Waals surface area contributed by atoms with Crippen molar-refractivity contribution in [3.05, 3.63) is 64.5 Å². The molecule has 0 radical (unpaired) electrons. The van der Waals surface area contributed by atoms with Gasteiger partial charge in [-0.25, -0.2) is 4.79 Å². The molecule has 0 bridgehead atoms. The third kappa shape index (κ3) is 3.56. The number of aromatic nitrogens is 4. The highest BCUT2D eigenvalue weighted by molar-refractivity contribution is 7.98. The Morgan fingerprint density at radius 1 is 1.04 bits per heavy atom. The maximum absolute atomic E-state index is 11.9. The minimum Gasteiger partial charge on any atom is -0.497 e. The summed E-state index contributed by atoms with van der Waals surface area (Å²) in [5.41, 5.74) is 1.72.